The van der Waals surface area contributed by atoms with E-state index in [4.69, 9.17) is 11.6 Å². The Morgan fingerprint density at radius 3 is 2.92 bits per heavy atom. The topological polar surface area (TPSA) is 54.9 Å². The summed E-state index contributed by atoms with van der Waals surface area (Å²) in [6, 6.07) is 0. The summed E-state index contributed by atoms with van der Waals surface area (Å²) in [5.41, 5.74) is 0. The molecule has 0 radical (unpaired) electrons. The van der Waals surface area contributed by atoms with E-state index in [0.29, 0.717) is 0 Å². The Morgan fingerprint density at radius 1 is 1.62 bits per heavy atom. The fourth-order valence-corrected chi connectivity index (χ4v) is 0.871. The van der Waals surface area contributed by atoms with Gasteiger partial charge in [0.15, 0.2) is 11.0 Å². The van der Waals surface area contributed by atoms with Gasteiger partial charge in [-0.2, -0.15) is 0 Å². The summed E-state index contributed by atoms with van der Waals surface area (Å²) in [5, 5.41) is 2.68. The third-order valence-electron chi connectivity index (χ3n) is 1.24. The maximum atomic E-state index is 11.1. The number of amides is 1. The smallest absolute Gasteiger partial charge is 0.229 e. The number of carbonyl (C=O) groups is 1. The van der Waals surface area contributed by atoms with Gasteiger partial charge in [0.2, 0.25) is 5.91 Å². The number of halogens is 1. The zero-order valence-corrected chi connectivity index (χ0v) is 7.58. The highest BCUT2D eigenvalue weighted by molar-refractivity contribution is 6.32. The van der Waals surface area contributed by atoms with Crippen LogP contribution in [0.1, 0.15) is 6.42 Å². The second-order valence-electron chi connectivity index (χ2n) is 2.24. The molecule has 1 aromatic heterocycles. The lowest BCUT2D eigenvalue weighted by molar-refractivity contribution is -0.115. The Hall–Kier alpha value is -1.42. The zero-order valence-electron chi connectivity index (χ0n) is 6.83. The standard InChI is InChI=1S/C8H8ClN3O/c1-2-3-6(13)12-8-7(9)10-4-5-11-8/h2,4-5H,1,3H2,(H,11,12,13). The molecule has 68 valence electrons. The van der Waals surface area contributed by atoms with E-state index in [-0.39, 0.29) is 23.3 Å². The molecule has 0 unspecified atom stereocenters. The van der Waals surface area contributed by atoms with Gasteiger partial charge in [-0.15, -0.1) is 6.58 Å². The molecular formula is C8H8ClN3O. The van der Waals surface area contributed by atoms with Gasteiger partial charge in [-0.25, -0.2) is 9.97 Å². The maximum absolute atomic E-state index is 11.1. The third kappa shape index (κ3) is 2.83. The summed E-state index contributed by atoms with van der Waals surface area (Å²) in [5.74, 6) is 0.0633. The number of hydrogen-bond donors (Lipinski definition) is 1. The molecular weight excluding hydrogens is 190 g/mol. The monoisotopic (exact) mass is 197 g/mol. The summed E-state index contributed by atoms with van der Waals surface area (Å²) >= 11 is 5.65. The van der Waals surface area contributed by atoms with Gasteiger partial charge in [0.25, 0.3) is 0 Å². The van der Waals surface area contributed by atoms with Crippen LogP contribution in [0.5, 0.6) is 0 Å². The van der Waals surface area contributed by atoms with Crippen molar-refractivity contribution in [3.63, 3.8) is 0 Å². The van der Waals surface area contributed by atoms with E-state index >= 15 is 0 Å². The van der Waals surface area contributed by atoms with Crippen molar-refractivity contribution in [1.82, 2.24) is 9.97 Å². The fourth-order valence-electron chi connectivity index (χ4n) is 0.719. The molecule has 0 aliphatic heterocycles. The Kier molecular flexibility index (Phi) is 3.40. The highest BCUT2D eigenvalue weighted by Crippen LogP contribution is 2.13. The first kappa shape index (κ1) is 9.67. The average Bonchev–Trinajstić information content (AvgIpc) is 2.09. The minimum Gasteiger partial charge on any atom is -0.308 e. The number of carbonyl (C=O) groups excluding carboxylic acids is 1. The minimum absolute atomic E-state index is 0.180. The van der Waals surface area contributed by atoms with Crippen LogP contribution in [0.2, 0.25) is 5.15 Å². The van der Waals surface area contributed by atoms with Gasteiger partial charge >= 0.3 is 0 Å². The molecule has 0 fully saturated rings. The molecule has 1 N–H and O–H groups in total. The van der Waals surface area contributed by atoms with Crippen molar-refractivity contribution in [3.8, 4) is 0 Å². The first-order chi connectivity index (χ1) is 6.24. The molecule has 5 heteroatoms. The number of rotatable bonds is 3. The lowest BCUT2D eigenvalue weighted by Gasteiger charge is -2.02. The first-order valence-electron chi connectivity index (χ1n) is 3.61. The van der Waals surface area contributed by atoms with Crippen LogP contribution in [-0.4, -0.2) is 15.9 Å². The second kappa shape index (κ2) is 4.57. The van der Waals surface area contributed by atoms with Crippen molar-refractivity contribution in [2.45, 2.75) is 6.42 Å². The molecule has 1 rings (SSSR count). The Bertz CT molecular complexity index is 327. The first-order valence-corrected chi connectivity index (χ1v) is 3.99. The van der Waals surface area contributed by atoms with Crippen molar-refractivity contribution in [1.29, 1.82) is 0 Å². The predicted molar refractivity (Wildman–Crippen MR) is 50.5 cm³/mol. The quantitative estimate of drug-likeness (QED) is 0.750. The molecule has 0 aromatic carbocycles. The second-order valence-corrected chi connectivity index (χ2v) is 2.59. The van der Waals surface area contributed by atoms with Crippen LogP contribution in [0, 0.1) is 0 Å². The van der Waals surface area contributed by atoms with E-state index in [1.165, 1.54) is 18.5 Å². The van der Waals surface area contributed by atoms with Crippen molar-refractivity contribution >= 4 is 23.3 Å². The maximum Gasteiger partial charge on any atom is 0.229 e. The number of aromatic nitrogens is 2. The number of anilines is 1. The van der Waals surface area contributed by atoms with E-state index in [1.807, 2.05) is 0 Å². The lowest BCUT2D eigenvalue weighted by Crippen LogP contribution is -2.11. The molecule has 0 saturated carbocycles. The van der Waals surface area contributed by atoms with Gasteiger partial charge in [0.05, 0.1) is 0 Å². The molecule has 4 nitrogen and oxygen atoms in total. The SMILES string of the molecule is C=CCC(=O)Nc1nccnc1Cl. The van der Waals surface area contributed by atoms with Gasteiger partial charge in [-0.1, -0.05) is 17.7 Å². The Labute approximate surface area is 80.7 Å². The van der Waals surface area contributed by atoms with Gasteiger partial charge in [0.1, 0.15) is 0 Å². The largest absolute Gasteiger partial charge is 0.308 e. The van der Waals surface area contributed by atoms with E-state index in [1.54, 1.807) is 0 Å². The summed E-state index contributed by atoms with van der Waals surface area (Å²) in [4.78, 5) is 18.7. The van der Waals surface area contributed by atoms with Crippen molar-refractivity contribution in [3.05, 3.63) is 30.2 Å². The van der Waals surface area contributed by atoms with Gasteiger partial charge in [-0.05, 0) is 0 Å². The molecule has 0 aliphatic carbocycles. The molecule has 0 atom stereocenters. The molecule has 0 saturated heterocycles. The van der Waals surface area contributed by atoms with E-state index in [2.05, 4.69) is 21.9 Å². The predicted octanol–water partition coefficient (Wildman–Crippen LogP) is 1.64. The van der Waals surface area contributed by atoms with Crippen LogP contribution in [0.15, 0.2) is 25.0 Å². The number of hydrogen-bond acceptors (Lipinski definition) is 3. The molecule has 1 heterocycles. The Morgan fingerprint density at radius 2 is 2.31 bits per heavy atom. The van der Waals surface area contributed by atoms with Crippen molar-refractivity contribution in [2.24, 2.45) is 0 Å². The van der Waals surface area contributed by atoms with Gasteiger partial charge in [-0.3, -0.25) is 4.79 Å². The summed E-state index contributed by atoms with van der Waals surface area (Å²) in [7, 11) is 0. The molecule has 0 aliphatic rings. The summed E-state index contributed by atoms with van der Waals surface area (Å²) in [6.45, 7) is 3.43. The van der Waals surface area contributed by atoms with Crippen LogP contribution < -0.4 is 5.32 Å². The fraction of sp³-hybridized carbons (Fsp3) is 0.125. The average molecular weight is 198 g/mol. The molecule has 13 heavy (non-hydrogen) atoms. The highest BCUT2D eigenvalue weighted by atomic mass is 35.5. The molecule has 1 aromatic rings. The van der Waals surface area contributed by atoms with Crippen LogP contribution in [0.4, 0.5) is 5.82 Å². The van der Waals surface area contributed by atoms with Crippen molar-refractivity contribution in [2.75, 3.05) is 5.32 Å². The molecule has 1 amide bonds. The highest BCUT2D eigenvalue weighted by Gasteiger charge is 2.04. The van der Waals surface area contributed by atoms with Crippen LogP contribution in [0.25, 0.3) is 0 Å². The number of nitrogens with zero attached hydrogens (tertiary/aromatic N) is 2. The van der Waals surface area contributed by atoms with Gasteiger partial charge < -0.3 is 5.32 Å². The molecule has 0 bridgehead atoms. The summed E-state index contributed by atoms with van der Waals surface area (Å²) < 4.78 is 0. The van der Waals surface area contributed by atoms with E-state index in [9.17, 15) is 4.79 Å². The van der Waals surface area contributed by atoms with Crippen molar-refractivity contribution < 1.29 is 4.79 Å². The third-order valence-corrected chi connectivity index (χ3v) is 1.52. The van der Waals surface area contributed by atoms with Crippen LogP contribution >= 0.6 is 11.6 Å². The molecule has 0 spiro atoms. The number of nitrogens with one attached hydrogen (secondary N) is 1. The lowest BCUT2D eigenvalue weighted by atomic mass is 10.4. The Balaban J connectivity index is 2.68. The van der Waals surface area contributed by atoms with E-state index in [0.717, 1.165) is 0 Å². The van der Waals surface area contributed by atoms with Crippen LogP contribution in [-0.2, 0) is 4.79 Å². The van der Waals surface area contributed by atoms with Crippen LogP contribution in [0.3, 0.4) is 0 Å². The normalized spacial score (nSPS) is 9.31. The zero-order chi connectivity index (χ0) is 9.68. The summed E-state index contributed by atoms with van der Waals surface area (Å²) in [6.07, 6.45) is 4.63. The minimum atomic E-state index is -0.211. The van der Waals surface area contributed by atoms with Gasteiger partial charge in [0, 0.05) is 18.8 Å². The van der Waals surface area contributed by atoms with E-state index < -0.39 is 0 Å².